The third-order valence-corrected chi connectivity index (χ3v) is 12.5. The first kappa shape index (κ1) is 46.1. The summed E-state index contributed by atoms with van der Waals surface area (Å²) >= 11 is 0. The minimum Gasteiger partial charge on any atom is -0.340 e. The summed E-state index contributed by atoms with van der Waals surface area (Å²) in [6.07, 6.45) is 26.7. The van der Waals surface area contributed by atoms with Gasteiger partial charge in [0.25, 0.3) is 0 Å². The molecule has 0 saturated heterocycles. The fraction of sp³-hybridized carbons (Fsp3) is 0.556. The summed E-state index contributed by atoms with van der Waals surface area (Å²) in [6.45, 7) is 12.6. The van der Waals surface area contributed by atoms with E-state index in [0.717, 1.165) is 6.54 Å². The van der Waals surface area contributed by atoms with E-state index in [-0.39, 0.29) is 27.7 Å². The molecule has 0 unspecified atom stereocenters. The van der Waals surface area contributed by atoms with Gasteiger partial charge in [-0.1, -0.05) is 212 Å². The molecule has 0 spiro atoms. The topological polar surface area (TPSA) is 4.93 Å². The highest BCUT2D eigenvalue weighted by Crippen LogP contribution is 2.55. The molecule has 0 radical (unpaired) electrons. The Morgan fingerprint density at radius 3 is 1.44 bits per heavy atom. The Labute approximate surface area is 339 Å². The molecule has 1 heteroatoms. The minimum absolute atomic E-state index is 0. The van der Waals surface area contributed by atoms with E-state index in [2.05, 4.69) is 112 Å². The lowest BCUT2D eigenvalue weighted by Crippen LogP contribution is -2.25. The molecule has 6 rings (SSSR count). The van der Waals surface area contributed by atoms with Gasteiger partial charge in [0.2, 0.25) is 0 Å². The smallest absolute Gasteiger partial charge is 0.0497 e. The Morgan fingerprint density at radius 2 is 0.836 bits per heavy atom. The van der Waals surface area contributed by atoms with Crippen LogP contribution in [0.1, 0.15) is 194 Å². The van der Waals surface area contributed by atoms with Crippen molar-refractivity contribution in [1.29, 1.82) is 0 Å². The van der Waals surface area contributed by atoms with Crippen LogP contribution in [-0.4, -0.2) is 4.57 Å². The Kier molecular flexibility index (Phi) is 18.8. The van der Waals surface area contributed by atoms with Crippen LogP contribution >= 0.6 is 0 Å². The van der Waals surface area contributed by atoms with Crippen molar-refractivity contribution in [3.63, 3.8) is 0 Å². The van der Waals surface area contributed by atoms with Crippen LogP contribution in [0.15, 0.2) is 72.8 Å². The molecule has 55 heavy (non-hydrogen) atoms. The van der Waals surface area contributed by atoms with Crippen LogP contribution in [-0.2, 0) is 12.0 Å². The average Bonchev–Trinajstić information content (AvgIpc) is 3.60. The molecular weight excluding hydrogens is 663 g/mol. The Morgan fingerprint density at radius 1 is 0.418 bits per heavy atom. The molecule has 302 valence electrons. The molecule has 0 saturated carbocycles. The molecule has 0 amide bonds. The van der Waals surface area contributed by atoms with Crippen LogP contribution in [0.5, 0.6) is 0 Å². The average molecular weight is 744 g/mol. The molecule has 1 aromatic heterocycles. The van der Waals surface area contributed by atoms with Crippen molar-refractivity contribution in [3.05, 3.63) is 95.1 Å². The number of fused-ring (bicyclic) bond motifs is 6. The van der Waals surface area contributed by atoms with Gasteiger partial charge in [0.15, 0.2) is 0 Å². The Balaban J connectivity index is 0.00000271. The summed E-state index contributed by atoms with van der Waals surface area (Å²) in [4.78, 5) is 0. The maximum atomic E-state index is 2.65. The number of rotatable bonds is 22. The molecule has 4 aromatic carbocycles. The van der Waals surface area contributed by atoms with Gasteiger partial charge in [-0.25, -0.2) is 0 Å². The molecular formula is C54H81N. The molecule has 0 aliphatic heterocycles. The molecule has 0 bridgehead atoms. The second-order valence-electron chi connectivity index (χ2n) is 16.6. The highest BCUT2D eigenvalue weighted by atomic mass is 15.0. The number of hydrogen-bond acceptors (Lipinski definition) is 0. The molecule has 1 nitrogen and oxygen atoms in total. The number of nitrogens with zero attached hydrogens (tertiary/aromatic N) is 1. The van der Waals surface area contributed by atoms with Crippen LogP contribution in [0.2, 0.25) is 0 Å². The van der Waals surface area contributed by atoms with Gasteiger partial charge in [-0.05, 0) is 90.3 Å². The fourth-order valence-corrected chi connectivity index (χ4v) is 9.54. The lowest BCUT2D eigenvalue weighted by atomic mass is 9.70. The Hall–Kier alpha value is -3.32. The molecule has 1 aliphatic rings. The van der Waals surface area contributed by atoms with E-state index in [9.17, 15) is 0 Å². The Bertz CT molecular complexity index is 1870. The van der Waals surface area contributed by atoms with Crippen molar-refractivity contribution in [2.45, 2.75) is 197 Å². The van der Waals surface area contributed by atoms with E-state index < -0.39 is 0 Å². The van der Waals surface area contributed by atoms with E-state index >= 15 is 0 Å². The predicted octanol–water partition coefficient (Wildman–Crippen LogP) is 18.1. The normalized spacial score (nSPS) is 12.6. The lowest BCUT2D eigenvalue weighted by molar-refractivity contribution is 0.398. The van der Waals surface area contributed by atoms with Crippen molar-refractivity contribution < 1.29 is 0 Å². The van der Waals surface area contributed by atoms with Crippen LogP contribution < -0.4 is 0 Å². The van der Waals surface area contributed by atoms with E-state index in [1.54, 1.807) is 11.1 Å². The third-order valence-electron chi connectivity index (χ3n) is 12.5. The second kappa shape index (κ2) is 22.4. The highest BCUT2D eigenvalue weighted by Gasteiger charge is 2.42. The molecule has 0 atom stereocenters. The maximum absolute atomic E-state index is 2.65. The largest absolute Gasteiger partial charge is 0.340 e. The summed E-state index contributed by atoms with van der Waals surface area (Å²) in [5.41, 5.74) is 14.6. The zero-order valence-electron chi connectivity index (χ0n) is 33.7. The first-order valence-corrected chi connectivity index (χ1v) is 21.8. The molecule has 1 heterocycles. The minimum atomic E-state index is 0. The van der Waals surface area contributed by atoms with Gasteiger partial charge >= 0.3 is 0 Å². The van der Waals surface area contributed by atoms with Crippen LogP contribution in [0.25, 0.3) is 44.1 Å². The van der Waals surface area contributed by atoms with E-state index in [4.69, 9.17) is 0 Å². The van der Waals surface area contributed by atoms with Crippen LogP contribution in [0.3, 0.4) is 0 Å². The summed E-state index contributed by atoms with van der Waals surface area (Å²) in [7, 11) is 0. The number of unbranched alkanes of at least 4 members (excludes halogenated alkanes) is 15. The van der Waals surface area contributed by atoms with Gasteiger partial charge in [0.05, 0.1) is 0 Å². The molecule has 5 aromatic rings. The first-order chi connectivity index (χ1) is 25.5. The summed E-state index contributed by atoms with van der Waals surface area (Å²) in [6, 6.07) is 29.3. The molecule has 0 N–H and O–H groups in total. The molecule has 1 aliphatic carbocycles. The fourth-order valence-electron chi connectivity index (χ4n) is 9.54. The van der Waals surface area contributed by atoms with Gasteiger partial charge in [-0.15, -0.1) is 0 Å². The summed E-state index contributed by atoms with van der Waals surface area (Å²) < 4.78 is 2.65. The van der Waals surface area contributed by atoms with Gasteiger partial charge in [-0.2, -0.15) is 0 Å². The number of hydrogen-bond donors (Lipinski definition) is 0. The predicted molar refractivity (Wildman–Crippen MR) is 250 cm³/mol. The number of benzene rings is 4. The summed E-state index contributed by atoms with van der Waals surface area (Å²) in [5.74, 6) is 0. The maximum Gasteiger partial charge on any atom is 0.0497 e. The van der Waals surface area contributed by atoms with Crippen molar-refractivity contribution in [1.82, 2.24) is 4.57 Å². The zero-order chi connectivity index (χ0) is 36.3. The van der Waals surface area contributed by atoms with Crippen LogP contribution in [0.4, 0.5) is 0 Å². The zero-order valence-corrected chi connectivity index (χ0v) is 33.7. The van der Waals surface area contributed by atoms with Crippen molar-refractivity contribution in [2.75, 3.05) is 0 Å². The first-order valence-electron chi connectivity index (χ1n) is 21.8. The van der Waals surface area contributed by atoms with Crippen molar-refractivity contribution >= 4 is 21.8 Å². The van der Waals surface area contributed by atoms with Gasteiger partial charge < -0.3 is 4.57 Å². The SMILES string of the molecule is C.C.C.CCCCCCCCn1c2cc(C)ccc2c2ccc(-c3ccc4c(c3)C(CCCCCCCC)(CCCCCCCC)c3cc(C)ccc3-4)cc21. The highest BCUT2D eigenvalue weighted by molar-refractivity contribution is 6.09. The quantitative estimate of drug-likeness (QED) is 0.0622. The van der Waals surface area contributed by atoms with Gasteiger partial charge in [-0.3, -0.25) is 0 Å². The van der Waals surface area contributed by atoms with Gasteiger partial charge in [0, 0.05) is 33.8 Å². The number of aromatic nitrogens is 1. The van der Waals surface area contributed by atoms with Crippen molar-refractivity contribution in [3.8, 4) is 22.3 Å². The number of aryl methyl sites for hydroxylation is 3. The van der Waals surface area contributed by atoms with Gasteiger partial charge in [0.1, 0.15) is 0 Å². The second-order valence-corrected chi connectivity index (χ2v) is 16.6. The van der Waals surface area contributed by atoms with Crippen LogP contribution in [0, 0.1) is 13.8 Å². The third kappa shape index (κ3) is 10.6. The van der Waals surface area contributed by atoms with E-state index in [1.807, 2.05) is 0 Å². The van der Waals surface area contributed by atoms with Crippen molar-refractivity contribution in [2.24, 2.45) is 0 Å². The summed E-state index contributed by atoms with van der Waals surface area (Å²) in [5, 5.41) is 2.80. The standard InChI is InChI=1S/C51H69N.3CH4/c1-6-9-12-15-18-21-32-51(33-22-19-16-13-10-7-2)47-35-39(4)24-28-43(47)44-30-26-41(37-48(44)51)42-27-31-46-45-29-25-40(5)36-49(45)52(50(46)38-42)34-23-20-17-14-11-8-3;;;/h24-31,35-38H,6-23,32-34H2,1-5H3;3*1H4. The lowest BCUT2D eigenvalue weighted by Gasteiger charge is -2.33. The molecule has 0 fully saturated rings. The van der Waals surface area contributed by atoms with E-state index in [1.165, 1.54) is 184 Å². The monoisotopic (exact) mass is 744 g/mol. The van der Waals surface area contributed by atoms with E-state index in [0.29, 0.717) is 0 Å².